The minimum atomic E-state index is -3.96. The summed E-state index contributed by atoms with van der Waals surface area (Å²) < 4.78 is 25.2. The van der Waals surface area contributed by atoms with E-state index in [-0.39, 0.29) is 91.7 Å². The molecule has 18 nitrogen and oxygen atoms in total. The predicted octanol–water partition coefficient (Wildman–Crippen LogP) is 2.32. The minimum absolute atomic E-state index is 0. The molecular weight excluding hydrogens is 759 g/mol. The predicted molar refractivity (Wildman–Crippen MR) is 183 cm³/mol. The maximum Gasteiger partial charge on any atom is 1.00 e. The van der Waals surface area contributed by atoms with Crippen LogP contribution in [0.3, 0.4) is 0 Å². The van der Waals surface area contributed by atoms with Gasteiger partial charge in [-0.2, -0.15) is 10.2 Å². The number of sulfonamides is 1. The van der Waals surface area contributed by atoms with Crippen molar-refractivity contribution in [1.29, 1.82) is 0 Å². The number of aryl methyl sites for hydroxylation is 2. The van der Waals surface area contributed by atoms with Crippen LogP contribution in [0, 0.1) is 24.0 Å². The van der Waals surface area contributed by atoms with E-state index in [1.54, 1.807) is 62.4 Å². The summed E-state index contributed by atoms with van der Waals surface area (Å²) in [6, 6.07) is 24.3. The second-order valence-corrected chi connectivity index (χ2v) is 12.1. The fourth-order valence-electron chi connectivity index (χ4n) is 4.39. The molecule has 0 aliphatic carbocycles. The van der Waals surface area contributed by atoms with E-state index in [1.807, 2.05) is 12.1 Å². The fraction of sp³-hybridized carbons (Fsp3) is 0.0625. The molecule has 0 spiro atoms. The van der Waals surface area contributed by atoms with Crippen LogP contribution >= 0.6 is 0 Å². The Labute approximate surface area is 333 Å². The molecule has 6 rings (SSSR count). The van der Waals surface area contributed by atoms with E-state index >= 15 is 0 Å². The Morgan fingerprint density at radius 3 is 1.57 bits per heavy atom. The van der Waals surface area contributed by atoms with Crippen LogP contribution in [0.15, 0.2) is 132 Å². The van der Waals surface area contributed by atoms with E-state index in [2.05, 4.69) is 30.7 Å². The number of nitrogens with zero attached hydrogens (tertiary/aromatic N) is 9. The summed E-state index contributed by atoms with van der Waals surface area (Å²) in [7, 11) is -3.96. The molecule has 0 radical (unpaired) electrons. The SMILES string of the molecule is Cc1nn(-c2ccccc2)c(=O)[c-]1N=Nc1cc(S(N)(=O)=O)ccc1O.Cc1nn(-c2ccccc2)c(=O)[c-]1N=Nc1cc([N+](=O)[O-])ccc1O.[Cr].[Na+]. The molecule has 0 fully saturated rings. The summed E-state index contributed by atoms with van der Waals surface area (Å²) >= 11 is 0. The summed E-state index contributed by atoms with van der Waals surface area (Å²) in [5, 5.41) is 58.9. The molecule has 21 heteroatoms. The molecule has 0 amide bonds. The van der Waals surface area contributed by atoms with Crippen molar-refractivity contribution in [2.75, 3.05) is 0 Å². The van der Waals surface area contributed by atoms with Crippen molar-refractivity contribution >= 4 is 38.5 Å². The van der Waals surface area contributed by atoms with Crippen LogP contribution in [0.25, 0.3) is 11.4 Å². The Morgan fingerprint density at radius 1 is 0.736 bits per heavy atom. The Hall–Kier alpha value is -5.46. The maximum absolute atomic E-state index is 12.5. The fourth-order valence-corrected chi connectivity index (χ4v) is 4.92. The molecule has 0 aliphatic rings. The molecule has 4 N–H and O–H groups in total. The third-order valence-electron chi connectivity index (χ3n) is 6.94. The molecule has 0 bridgehead atoms. The molecule has 266 valence electrons. The smallest absolute Gasteiger partial charge is 0.506 e. The van der Waals surface area contributed by atoms with Gasteiger partial charge in [0.2, 0.25) is 10.0 Å². The zero-order chi connectivity index (χ0) is 36.9. The molecule has 0 saturated heterocycles. The number of para-hydroxylation sites is 2. The number of hydrogen-bond acceptors (Lipinski definition) is 14. The largest absolute Gasteiger partial charge is 1.00 e. The monoisotopic (exact) mass is 785 g/mol. The van der Waals surface area contributed by atoms with Gasteiger partial charge in [-0.25, -0.2) is 33.1 Å². The number of hydrogen-bond donors (Lipinski definition) is 3. The molecule has 0 atom stereocenters. The third kappa shape index (κ3) is 9.91. The number of phenolic OH excluding ortho intramolecular Hbond substituents is 2. The van der Waals surface area contributed by atoms with Gasteiger partial charge in [0.1, 0.15) is 34.0 Å². The van der Waals surface area contributed by atoms with Crippen LogP contribution in [0.1, 0.15) is 11.4 Å². The average Bonchev–Trinajstić information content (AvgIpc) is 3.56. The topological polar surface area (TPSA) is 263 Å². The number of nitro groups is 1. The first-order valence-electron chi connectivity index (χ1n) is 14.6. The molecule has 0 saturated carbocycles. The van der Waals surface area contributed by atoms with E-state index < -0.39 is 26.1 Å². The van der Waals surface area contributed by atoms with Gasteiger partial charge in [-0.3, -0.25) is 10.1 Å². The number of nitrogens with two attached hydrogens (primary N) is 1. The number of aromatic nitrogens is 4. The number of non-ortho nitro benzene ring substituents is 1. The van der Waals surface area contributed by atoms with Gasteiger partial charge in [-0.05, 0) is 48.5 Å². The number of nitro benzene ring substituents is 1. The third-order valence-corrected chi connectivity index (χ3v) is 7.85. The van der Waals surface area contributed by atoms with Crippen molar-refractivity contribution < 1.29 is 70.5 Å². The van der Waals surface area contributed by atoms with Crippen molar-refractivity contribution in [2.45, 2.75) is 18.7 Å². The van der Waals surface area contributed by atoms with Gasteiger partial charge < -0.3 is 30.0 Å². The molecule has 2 aromatic heterocycles. The Balaban J connectivity index is 0.000000275. The van der Waals surface area contributed by atoms with Crippen LogP contribution in [-0.2, 0) is 27.4 Å². The van der Waals surface area contributed by atoms with Gasteiger partial charge in [-0.1, -0.05) is 61.6 Å². The Morgan fingerprint density at radius 2 is 1.15 bits per heavy atom. The second kappa shape index (κ2) is 17.8. The van der Waals surface area contributed by atoms with Gasteiger partial charge in [0.05, 0.1) is 21.2 Å². The summed E-state index contributed by atoms with van der Waals surface area (Å²) in [4.78, 5) is 34.9. The van der Waals surface area contributed by atoms with Crippen LogP contribution in [-0.4, -0.2) is 43.1 Å². The molecular formula is C32H26CrN10NaO8S-. The Bertz CT molecular complexity index is 2530. The number of benzene rings is 4. The number of azo groups is 2. The van der Waals surface area contributed by atoms with Crippen molar-refractivity contribution in [3.8, 4) is 22.9 Å². The van der Waals surface area contributed by atoms with Gasteiger partial charge in [0.25, 0.3) is 5.69 Å². The van der Waals surface area contributed by atoms with Crippen molar-refractivity contribution in [1.82, 2.24) is 19.6 Å². The summed E-state index contributed by atoms with van der Waals surface area (Å²) in [5.41, 5.74) is 0.360. The molecule has 4 aromatic carbocycles. The van der Waals surface area contributed by atoms with Gasteiger partial charge >= 0.3 is 29.6 Å². The molecule has 0 aliphatic heterocycles. The van der Waals surface area contributed by atoms with Crippen molar-refractivity contribution in [2.24, 2.45) is 25.6 Å². The quantitative estimate of drug-likeness (QED) is 0.0667. The van der Waals surface area contributed by atoms with E-state index in [0.717, 1.165) is 36.4 Å². The molecule has 6 aromatic rings. The van der Waals surface area contributed by atoms with Crippen LogP contribution in [0.4, 0.5) is 28.4 Å². The van der Waals surface area contributed by atoms with E-state index in [9.17, 15) is 38.3 Å². The number of primary sulfonamides is 1. The van der Waals surface area contributed by atoms with Crippen molar-refractivity contribution in [3.63, 3.8) is 0 Å². The van der Waals surface area contributed by atoms with Gasteiger partial charge in [-0.15, -0.1) is 11.4 Å². The zero-order valence-electron chi connectivity index (χ0n) is 28.0. The summed E-state index contributed by atoms with van der Waals surface area (Å²) in [6.07, 6.45) is 0. The van der Waals surface area contributed by atoms with E-state index in [1.165, 1.54) is 9.36 Å². The first kappa shape index (κ1) is 42.0. The average molecular weight is 786 g/mol. The number of rotatable bonds is 8. The van der Waals surface area contributed by atoms with E-state index in [0.29, 0.717) is 22.8 Å². The van der Waals surface area contributed by atoms with Crippen LogP contribution < -0.4 is 45.8 Å². The van der Waals surface area contributed by atoms with Gasteiger partial charge in [0, 0.05) is 29.5 Å². The first-order valence-corrected chi connectivity index (χ1v) is 16.1. The maximum atomic E-state index is 12.5. The first-order chi connectivity index (χ1) is 24.2. The van der Waals surface area contributed by atoms with Crippen LogP contribution in [0.5, 0.6) is 11.5 Å². The van der Waals surface area contributed by atoms with Crippen LogP contribution in [0.2, 0.25) is 0 Å². The summed E-state index contributed by atoms with van der Waals surface area (Å²) in [6.45, 7) is 3.19. The number of phenols is 2. The summed E-state index contributed by atoms with van der Waals surface area (Å²) in [5.74, 6) is -0.586. The van der Waals surface area contributed by atoms with E-state index in [4.69, 9.17) is 5.14 Å². The Kier molecular flexibility index (Phi) is 14.1. The molecule has 53 heavy (non-hydrogen) atoms. The molecule has 2 heterocycles. The second-order valence-electron chi connectivity index (χ2n) is 10.5. The van der Waals surface area contributed by atoms with Crippen molar-refractivity contribution in [3.05, 3.63) is 139 Å². The zero-order valence-corrected chi connectivity index (χ0v) is 32.1. The number of aromatic hydroxyl groups is 2. The van der Waals surface area contributed by atoms with Gasteiger partial charge in [0.15, 0.2) is 0 Å². The molecule has 0 unspecified atom stereocenters. The normalized spacial score (nSPS) is 11.1. The standard InChI is InChI=1S/C16H14N5O4S.C16H12N5O4.Cr.Na/c1-10-15(16(23)21(20-10)11-5-3-2-4-6-11)19-18-13-9-12(26(17,24)25)7-8-14(13)22;1-10-15(16(23)20(19-10)11-5-3-2-4-6-11)18-17-13-9-12(21(24)25)7-8-14(13)22;;/h2-9,22H,1H3,(H2,17,24,25);2-9,22H,1H3;;/q2*-1;;+1. The minimum Gasteiger partial charge on any atom is -0.506 e.